The Morgan fingerprint density at radius 3 is 2.40 bits per heavy atom. The number of hydrogen-bond acceptors (Lipinski definition) is 7. The Morgan fingerprint density at radius 1 is 1.13 bits per heavy atom. The minimum absolute atomic E-state index is 0.0964. The number of sulfonamides is 1. The Labute approximate surface area is 175 Å². The molecular formula is C20H24N4O5S. The molecule has 0 bridgehead atoms. The summed E-state index contributed by atoms with van der Waals surface area (Å²) in [5.74, 6) is 0.283. The summed E-state index contributed by atoms with van der Waals surface area (Å²) in [5, 5.41) is 24.4. The number of nitrogens with one attached hydrogen (secondary N) is 3. The molecule has 0 aliphatic carbocycles. The first kappa shape index (κ1) is 23.2. The third-order valence-corrected chi connectivity index (χ3v) is 4.45. The van der Waals surface area contributed by atoms with E-state index in [0.29, 0.717) is 35.7 Å². The molecular weight excluding hydrogens is 408 g/mol. The molecule has 10 heteroatoms. The molecule has 30 heavy (non-hydrogen) atoms. The molecule has 0 aromatic heterocycles. The zero-order valence-corrected chi connectivity index (χ0v) is 17.3. The van der Waals surface area contributed by atoms with Crippen molar-refractivity contribution in [2.45, 2.75) is 6.10 Å². The monoisotopic (exact) mass is 432 g/mol. The topological polar surface area (TPSA) is 141 Å². The molecule has 0 saturated carbocycles. The maximum absolute atomic E-state index is 12.1. The molecule has 4 N–H and O–H groups in total. The van der Waals surface area contributed by atoms with Gasteiger partial charge < -0.3 is 20.5 Å². The van der Waals surface area contributed by atoms with Crippen LogP contribution in [0.3, 0.4) is 0 Å². The van der Waals surface area contributed by atoms with Gasteiger partial charge in [0.25, 0.3) is 5.91 Å². The Hall–Kier alpha value is -3.13. The first-order chi connectivity index (χ1) is 14.3. The van der Waals surface area contributed by atoms with E-state index in [-0.39, 0.29) is 19.1 Å². The van der Waals surface area contributed by atoms with E-state index in [2.05, 4.69) is 15.4 Å². The maximum atomic E-state index is 12.1. The number of carbonyl (C=O) groups excluding carboxylic acids is 1. The lowest BCUT2D eigenvalue weighted by Gasteiger charge is -2.13. The van der Waals surface area contributed by atoms with Crippen LogP contribution in [-0.2, 0) is 10.0 Å². The van der Waals surface area contributed by atoms with Crippen LogP contribution in [0.5, 0.6) is 5.75 Å². The molecule has 2 aromatic carbocycles. The van der Waals surface area contributed by atoms with E-state index in [1.165, 1.54) is 24.3 Å². The van der Waals surface area contributed by atoms with Crippen molar-refractivity contribution in [2.24, 2.45) is 0 Å². The quantitative estimate of drug-likeness (QED) is 0.383. The van der Waals surface area contributed by atoms with Crippen molar-refractivity contribution in [1.82, 2.24) is 10.6 Å². The Kier molecular flexibility index (Phi) is 8.61. The van der Waals surface area contributed by atoms with Crippen LogP contribution >= 0.6 is 0 Å². The predicted molar refractivity (Wildman–Crippen MR) is 113 cm³/mol. The molecule has 2 aromatic rings. The third kappa shape index (κ3) is 8.48. The number of benzene rings is 2. The van der Waals surface area contributed by atoms with E-state index in [4.69, 9.17) is 10.00 Å². The van der Waals surface area contributed by atoms with E-state index < -0.39 is 16.1 Å². The lowest BCUT2D eigenvalue weighted by atomic mass is 10.2. The number of aliphatic hydroxyl groups is 1. The van der Waals surface area contributed by atoms with Crippen molar-refractivity contribution in [3.63, 3.8) is 0 Å². The van der Waals surface area contributed by atoms with Gasteiger partial charge in [-0.15, -0.1) is 0 Å². The van der Waals surface area contributed by atoms with E-state index in [0.717, 1.165) is 6.26 Å². The number of carbonyl (C=O) groups is 1. The number of hydrogen-bond donors (Lipinski definition) is 4. The van der Waals surface area contributed by atoms with Gasteiger partial charge in [-0.1, -0.05) is 0 Å². The fourth-order valence-corrected chi connectivity index (χ4v) is 2.98. The van der Waals surface area contributed by atoms with Gasteiger partial charge in [0.15, 0.2) is 0 Å². The summed E-state index contributed by atoms with van der Waals surface area (Å²) in [6, 6.07) is 14.7. The van der Waals surface area contributed by atoms with Crippen molar-refractivity contribution in [3.05, 3.63) is 59.7 Å². The fraction of sp³-hybridized carbons (Fsp3) is 0.300. The molecule has 0 heterocycles. The van der Waals surface area contributed by atoms with Gasteiger partial charge in [0.1, 0.15) is 18.5 Å². The average molecular weight is 433 g/mol. The van der Waals surface area contributed by atoms with Gasteiger partial charge in [0.2, 0.25) is 10.0 Å². The largest absolute Gasteiger partial charge is 0.491 e. The number of nitriles is 1. The summed E-state index contributed by atoms with van der Waals surface area (Å²) in [6.45, 7) is 1.19. The summed E-state index contributed by atoms with van der Waals surface area (Å²) in [4.78, 5) is 12.1. The number of anilines is 1. The van der Waals surface area contributed by atoms with Crippen LogP contribution in [0.15, 0.2) is 48.5 Å². The van der Waals surface area contributed by atoms with E-state index >= 15 is 0 Å². The highest BCUT2D eigenvalue weighted by Gasteiger charge is 2.08. The van der Waals surface area contributed by atoms with Gasteiger partial charge in [-0.25, -0.2) is 8.42 Å². The van der Waals surface area contributed by atoms with Crippen molar-refractivity contribution >= 4 is 21.6 Å². The van der Waals surface area contributed by atoms with Gasteiger partial charge in [-0.2, -0.15) is 5.26 Å². The summed E-state index contributed by atoms with van der Waals surface area (Å²) < 4.78 is 30.1. The first-order valence-electron chi connectivity index (χ1n) is 9.14. The second-order valence-electron chi connectivity index (χ2n) is 6.51. The number of rotatable bonds is 11. The van der Waals surface area contributed by atoms with Crippen molar-refractivity contribution in [3.8, 4) is 11.8 Å². The number of nitrogens with zero attached hydrogens (tertiary/aromatic N) is 1. The Balaban J connectivity index is 1.62. The first-order valence-corrected chi connectivity index (χ1v) is 11.0. The van der Waals surface area contributed by atoms with Crippen LogP contribution in [0, 0.1) is 11.3 Å². The molecule has 1 atom stereocenters. The van der Waals surface area contributed by atoms with Crippen molar-refractivity contribution in [2.75, 3.05) is 37.2 Å². The summed E-state index contributed by atoms with van der Waals surface area (Å²) >= 11 is 0. The molecule has 0 radical (unpaired) electrons. The molecule has 1 amide bonds. The van der Waals surface area contributed by atoms with E-state index in [1.54, 1.807) is 24.3 Å². The van der Waals surface area contributed by atoms with Gasteiger partial charge >= 0.3 is 0 Å². The van der Waals surface area contributed by atoms with Crippen LogP contribution in [-0.4, -0.2) is 58.0 Å². The molecule has 2 rings (SSSR count). The minimum Gasteiger partial charge on any atom is -0.491 e. The van der Waals surface area contributed by atoms with Gasteiger partial charge in [-0.3, -0.25) is 9.52 Å². The highest BCUT2D eigenvalue weighted by Crippen LogP contribution is 2.12. The SMILES string of the molecule is CS(=O)(=O)Nc1ccc(C(=O)NCCNCC(O)COc2ccc(C#N)cc2)cc1. The molecule has 0 fully saturated rings. The average Bonchev–Trinajstić information content (AvgIpc) is 2.71. The molecule has 1 unspecified atom stereocenters. The van der Waals surface area contributed by atoms with Gasteiger partial charge in [-0.05, 0) is 48.5 Å². The van der Waals surface area contributed by atoms with E-state index in [1.807, 2.05) is 6.07 Å². The van der Waals surface area contributed by atoms with Crippen molar-refractivity contribution < 1.29 is 23.1 Å². The van der Waals surface area contributed by atoms with Crippen LogP contribution in [0.2, 0.25) is 0 Å². The van der Waals surface area contributed by atoms with Gasteiger partial charge in [0.05, 0.1) is 17.9 Å². The van der Waals surface area contributed by atoms with Crippen LogP contribution in [0.1, 0.15) is 15.9 Å². The van der Waals surface area contributed by atoms with Crippen LogP contribution in [0.4, 0.5) is 5.69 Å². The lowest BCUT2D eigenvalue weighted by molar-refractivity contribution is 0.0950. The fourth-order valence-electron chi connectivity index (χ4n) is 2.42. The summed E-state index contributed by atoms with van der Waals surface area (Å²) in [7, 11) is -3.36. The molecule has 0 spiro atoms. The normalized spacial score (nSPS) is 11.9. The number of ether oxygens (including phenoxy) is 1. The predicted octanol–water partition coefficient (Wildman–Crippen LogP) is 0.689. The highest BCUT2D eigenvalue weighted by atomic mass is 32.2. The van der Waals surface area contributed by atoms with E-state index in [9.17, 15) is 18.3 Å². The standard InChI is InChI=1S/C20H24N4O5S/c1-30(27,28)24-17-6-4-16(5-7-17)20(26)23-11-10-22-13-18(25)14-29-19-8-2-15(12-21)3-9-19/h2-9,18,22,24-25H,10-11,13-14H2,1H3,(H,23,26). The second kappa shape index (κ2) is 11.2. The highest BCUT2D eigenvalue weighted by molar-refractivity contribution is 7.92. The second-order valence-corrected chi connectivity index (χ2v) is 8.26. The summed E-state index contributed by atoms with van der Waals surface area (Å²) in [5.41, 5.74) is 1.32. The molecule has 9 nitrogen and oxygen atoms in total. The smallest absolute Gasteiger partial charge is 0.251 e. The Bertz CT molecular complexity index is 970. The zero-order chi connectivity index (χ0) is 22.0. The molecule has 0 aliphatic rings. The Morgan fingerprint density at radius 2 is 1.80 bits per heavy atom. The van der Waals surface area contributed by atoms with Gasteiger partial charge in [0, 0.05) is 30.9 Å². The van der Waals surface area contributed by atoms with Crippen molar-refractivity contribution in [1.29, 1.82) is 5.26 Å². The molecule has 0 saturated heterocycles. The third-order valence-electron chi connectivity index (χ3n) is 3.84. The molecule has 0 aliphatic heterocycles. The zero-order valence-electron chi connectivity index (χ0n) is 16.5. The van der Waals surface area contributed by atoms with Crippen LogP contribution < -0.4 is 20.1 Å². The minimum atomic E-state index is -3.36. The maximum Gasteiger partial charge on any atom is 0.251 e. The lowest BCUT2D eigenvalue weighted by Crippen LogP contribution is -2.37. The summed E-state index contributed by atoms with van der Waals surface area (Å²) in [6.07, 6.45) is 0.322. The number of amides is 1. The molecule has 160 valence electrons. The number of aliphatic hydroxyl groups excluding tert-OH is 1. The van der Waals surface area contributed by atoms with Crippen LogP contribution in [0.25, 0.3) is 0 Å².